The van der Waals surface area contributed by atoms with Crippen molar-refractivity contribution in [2.45, 2.75) is 10.6 Å². The minimum Gasteiger partial charge on any atom is -0.332 e. The first kappa shape index (κ1) is 21.8. The van der Waals surface area contributed by atoms with Gasteiger partial charge in [-0.05, 0) is 60.7 Å². The van der Waals surface area contributed by atoms with Crippen LogP contribution in [0, 0.1) is 5.82 Å². The van der Waals surface area contributed by atoms with Crippen LogP contribution in [0.2, 0.25) is 5.02 Å². The van der Waals surface area contributed by atoms with E-state index < -0.39 is 0 Å². The second kappa shape index (κ2) is 10.2. The van der Waals surface area contributed by atoms with Crippen molar-refractivity contribution in [1.82, 2.24) is 4.98 Å². The molecule has 1 heterocycles. The second-order valence-electron chi connectivity index (χ2n) is 6.52. The molecule has 0 aliphatic rings. The number of para-hydroxylation sites is 1. The van der Waals surface area contributed by atoms with Crippen LogP contribution in [-0.4, -0.2) is 10.1 Å². The molecule has 0 saturated heterocycles. The summed E-state index contributed by atoms with van der Waals surface area (Å²) < 4.78 is 13.1. The van der Waals surface area contributed by atoms with E-state index in [0.717, 1.165) is 38.3 Å². The molecule has 31 heavy (non-hydrogen) atoms. The van der Waals surface area contributed by atoms with Crippen LogP contribution >= 0.6 is 46.9 Å². The molecule has 0 fully saturated rings. The van der Waals surface area contributed by atoms with Gasteiger partial charge in [-0.1, -0.05) is 35.9 Å². The summed E-state index contributed by atoms with van der Waals surface area (Å²) in [5.41, 5.74) is 3.70. The fourth-order valence-electron chi connectivity index (χ4n) is 2.76. The molecule has 156 valence electrons. The Morgan fingerprint density at radius 2 is 1.74 bits per heavy atom. The molecule has 8 heteroatoms. The van der Waals surface area contributed by atoms with Gasteiger partial charge in [-0.2, -0.15) is 0 Å². The third kappa shape index (κ3) is 6.04. The third-order valence-corrected chi connectivity index (χ3v) is 6.76. The molecule has 4 rings (SSSR count). The van der Waals surface area contributed by atoms with Crippen molar-refractivity contribution < 1.29 is 4.39 Å². The van der Waals surface area contributed by atoms with E-state index in [4.69, 9.17) is 28.8 Å². The van der Waals surface area contributed by atoms with Crippen LogP contribution in [-0.2, 0) is 5.75 Å². The molecule has 0 spiro atoms. The Kier molecular flexibility index (Phi) is 7.19. The highest BCUT2D eigenvalue weighted by atomic mass is 35.5. The Bertz CT molecular complexity index is 1180. The van der Waals surface area contributed by atoms with Gasteiger partial charge in [-0.15, -0.1) is 23.1 Å². The maximum Gasteiger partial charge on any atom is 0.175 e. The highest BCUT2D eigenvalue weighted by molar-refractivity contribution is 7.98. The summed E-state index contributed by atoms with van der Waals surface area (Å²) in [7, 11) is 0. The molecule has 2 N–H and O–H groups in total. The van der Waals surface area contributed by atoms with Crippen molar-refractivity contribution in [1.29, 1.82) is 0 Å². The highest BCUT2D eigenvalue weighted by Crippen LogP contribution is 2.32. The van der Waals surface area contributed by atoms with Gasteiger partial charge in [-0.25, -0.2) is 9.37 Å². The normalized spacial score (nSPS) is 10.6. The smallest absolute Gasteiger partial charge is 0.175 e. The van der Waals surface area contributed by atoms with E-state index in [-0.39, 0.29) is 5.82 Å². The van der Waals surface area contributed by atoms with Gasteiger partial charge >= 0.3 is 0 Å². The predicted octanol–water partition coefficient (Wildman–Crippen LogP) is 7.70. The zero-order valence-corrected chi connectivity index (χ0v) is 19.3. The van der Waals surface area contributed by atoms with E-state index in [0.29, 0.717) is 10.1 Å². The van der Waals surface area contributed by atoms with Crippen LogP contribution in [0.15, 0.2) is 83.1 Å². The molecule has 0 atom stereocenters. The summed E-state index contributed by atoms with van der Waals surface area (Å²) in [6, 6.07) is 21.7. The minimum absolute atomic E-state index is 0.285. The van der Waals surface area contributed by atoms with E-state index >= 15 is 0 Å². The van der Waals surface area contributed by atoms with E-state index in [1.807, 2.05) is 48.5 Å². The van der Waals surface area contributed by atoms with Gasteiger partial charge in [0.15, 0.2) is 5.11 Å². The molecule has 0 radical (unpaired) electrons. The molecule has 0 amide bonds. The summed E-state index contributed by atoms with van der Waals surface area (Å²) >= 11 is 14.7. The van der Waals surface area contributed by atoms with Crippen molar-refractivity contribution in [3.63, 3.8) is 0 Å². The van der Waals surface area contributed by atoms with Crippen molar-refractivity contribution in [2.24, 2.45) is 0 Å². The minimum atomic E-state index is -0.285. The molecule has 0 aliphatic carbocycles. The SMILES string of the molecule is Fc1ccc(NC(=S)Nc2ccccc2SCc2csc(-c3ccc(Cl)cc3)n2)cc1. The molecule has 4 aromatic rings. The number of thiazole rings is 1. The number of hydrogen-bond donors (Lipinski definition) is 2. The number of halogens is 2. The van der Waals surface area contributed by atoms with Gasteiger partial charge in [0.1, 0.15) is 10.8 Å². The number of anilines is 2. The lowest BCUT2D eigenvalue weighted by Crippen LogP contribution is -2.19. The first-order valence-electron chi connectivity index (χ1n) is 9.32. The van der Waals surface area contributed by atoms with Crippen LogP contribution in [0.4, 0.5) is 15.8 Å². The van der Waals surface area contributed by atoms with E-state index in [2.05, 4.69) is 16.0 Å². The molecule has 3 aromatic carbocycles. The lowest BCUT2D eigenvalue weighted by molar-refractivity contribution is 0.628. The van der Waals surface area contributed by atoms with Gasteiger partial charge in [0.25, 0.3) is 0 Å². The Labute approximate surface area is 198 Å². The maximum absolute atomic E-state index is 13.1. The fourth-order valence-corrected chi connectivity index (χ4v) is 4.95. The van der Waals surface area contributed by atoms with Gasteiger partial charge in [0.05, 0.1) is 11.4 Å². The molecule has 0 saturated carbocycles. The number of hydrogen-bond acceptors (Lipinski definition) is 4. The molecule has 3 nitrogen and oxygen atoms in total. The van der Waals surface area contributed by atoms with E-state index in [1.54, 1.807) is 35.2 Å². The number of rotatable bonds is 6. The largest absolute Gasteiger partial charge is 0.332 e. The summed E-state index contributed by atoms with van der Waals surface area (Å²) in [5, 5.41) is 10.5. The summed E-state index contributed by atoms with van der Waals surface area (Å²) in [5.74, 6) is 0.452. The Hall–Kier alpha value is -2.45. The molecule has 0 unspecified atom stereocenters. The van der Waals surface area contributed by atoms with Gasteiger partial charge in [0, 0.05) is 32.3 Å². The predicted molar refractivity (Wildman–Crippen MR) is 135 cm³/mol. The zero-order valence-electron chi connectivity index (χ0n) is 16.1. The van der Waals surface area contributed by atoms with Gasteiger partial charge in [-0.3, -0.25) is 0 Å². The number of thioether (sulfide) groups is 1. The number of thiocarbonyl (C=S) groups is 1. The van der Waals surface area contributed by atoms with Gasteiger partial charge < -0.3 is 10.6 Å². The van der Waals surface area contributed by atoms with Crippen LogP contribution in [0.25, 0.3) is 10.6 Å². The Balaban J connectivity index is 1.39. The second-order valence-corrected chi connectivity index (χ2v) is 9.24. The number of nitrogens with zero attached hydrogens (tertiary/aromatic N) is 1. The quantitative estimate of drug-likeness (QED) is 0.216. The van der Waals surface area contributed by atoms with E-state index in [9.17, 15) is 4.39 Å². The van der Waals surface area contributed by atoms with Crippen LogP contribution < -0.4 is 10.6 Å². The molecule has 0 aliphatic heterocycles. The summed E-state index contributed by atoms with van der Waals surface area (Å²) in [4.78, 5) is 5.81. The summed E-state index contributed by atoms with van der Waals surface area (Å²) in [6.45, 7) is 0. The molecule has 1 aromatic heterocycles. The first-order chi connectivity index (χ1) is 15.1. The monoisotopic (exact) mass is 485 g/mol. The first-order valence-corrected chi connectivity index (χ1v) is 12.0. The fraction of sp³-hybridized carbons (Fsp3) is 0.0435. The molecular formula is C23H17ClFN3S3. The van der Waals surface area contributed by atoms with Crippen LogP contribution in [0.1, 0.15) is 5.69 Å². The maximum atomic E-state index is 13.1. The molecule has 0 bridgehead atoms. The number of aromatic nitrogens is 1. The van der Waals surface area contributed by atoms with E-state index in [1.165, 1.54) is 12.1 Å². The number of benzene rings is 3. The van der Waals surface area contributed by atoms with Crippen LogP contribution in [0.3, 0.4) is 0 Å². The zero-order chi connectivity index (χ0) is 21.6. The Morgan fingerprint density at radius 1 is 1.00 bits per heavy atom. The Morgan fingerprint density at radius 3 is 2.52 bits per heavy atom. The topological polar surface area (TPSA) is 37.0 Å². The highest BCUT2D eigenvalue weighted by Gasteiger charge is 2.09. The third-order valence-electron chi connectivity index (χ3n) is 4.26. The average Bonchev–Trinajstić information content (AvgIpc) is 3.24. The van der Waals surface area contributed by atoms with Crippen LogP contribution in [0.5, 0.6) is 0 Å². The number of nitrogens with one attached hydrogen (secondary N) is 2. The lowest BCUT2D eigenvalue weighted by Gasteiger charge is -2.13. The summed E-state index contributed by atoms with van der Waals surface area (Å²) in [6.07, 6.45) is 0. The molecular weight excluding hydrogens is 469 g/mol. The lowest BCUT2D eigenvalue weighted by atomic mass is 10.2. The average molecular weight is 486 g/mol. The van der Waals surface area contributed by atoms with Crippen molar-refractivity contribution in [3.8, 4) is 10.6 Å². The van der Waals surface area contributed by atoms with Crippen molar-refractivity contribution >= 4 is 63.4 Å². The standard InChI is InChI=1S/C23H17ClFN3S3/c24-16-7-5-15(6-8-16)22-26-19(14-31-22)13-30-21-4-2-1-3-20(21)28-23(29)27-18-11-9-17(25)10-12-18/h1-12,14H,13H2,(H2,27,28,29). The van der Waals surface area contributed by atoms with Crippen molar-refractivity contribution in [2.75, 3.05) is 10.6 Å². The van der Waals surface area contributed by atoms with Crippen molar-refractivity contribution in [3.05, 3.63) is 94.7 Å². The van der Waals surface area contributed by atoms with Gasteiger partial charge in [0.2, 0.25) is 0 Å².